The number of amides is 1. The molecule has 0 saturated carbocycles. The molecule has 0 spiro atoms. The van der Waals surface area contributed by atoms with Crippen LogP contribution in [-0.2, 0) is 4.79 Å². The minimum atomic E-state index is -0.0725. The average molecular weight is 237 g/mol. The highest BCUT2D eigenvalue weighted by Crippen LogP contribution is 2.36. The van der Waals surface area contributed by atoms with Crippen LogP contribution in [0.1, 0.15) is 19.4 Å². The molecular formula is C11H11NOS2. The summed E-state index contributed by atoms with van der Waals surface area (Å²) in [6.45, 7) is 3.73. The molecule has 2 aliphatic rings. The van der Waals surface area contributed by atoms with Gasteiger partial charge in [0.1, 0.15) is 0 Å². The molecule has 0 saturated heterocycles. The largest absolute Gasteiger partial charge is 0.321 e. The summed E-state index contributed by atoms with van der Waals surface area (Å²) in [5.41, 5.74) is 3.35. The van der Waals surface area contributed by atoms with Gasteiger partial charge >= 0.3 is 0 Å². The van der Waals surface area contributed by atoms with E-state index < -0.39 is 0 Å². The number of rotatable bonds is 0. The number of nitrogens with one attached hydrogen (secondary N) is 1. The van der Waals surface area contributed by atoms with Gasteiger partial charge in [-0.15, -0.1) is 25.3 Å². The normalized spacial score (nSPS) is 19.9. The van der Waals surface area contributed by atoms with Crippen molar-refractivity contribution in [3.63, 3.8) is 0 Å². The zero-order chi connectivity index (χ0) is 11.2. The fourth-order valence-corrected chi connectivity index (χ4v) is 2.19. The maximum Gasteiger partial charge on any atom is 0.251 e. The van der Waals surface area contributed by atoms with Gasteiger partial charge < -0.3 is 5.32 Å². The van der Waals surface area contributed by atoms with E-state index in [0.717, 1.165) is 26.5 Å². The summed E-state index contributed by atoms with van der Waals surface area (Å²) in [6, 6.07) is 3.81. The SMILES string of the molecule is C/C1=C(\C)c2ccc(c(S)c2S)NC1=O. The summed E-state index contributed by atoms with van der Waals surface area (Å²) in [5.74, 6) is -0.0725. The number of benzene rings is 1. The van der Waals surface area contributed by atoms with Gasteiger partial charge in [-0.25, -0.2) is 0 Å². The molecule has 78 valence electrons. The van der Waals surface area contributed by atoms with Gasteiger partial charge in [0.05, 0.1) is 5.69 Å². The smallest absolute Gasteiger partial charge is 0.251 e. The second kappa shape index (κ2) is 3.61. The molecule has 15 heavy (non-hydrogen) atoms. The Hall–Kier alpha value is -0.870. The quantitative estimate of drug-likeness (QED) is 0.595. The minimum absolute atomic E-state index is 0.0725. The fourth-order valence-electron chi connectivity index (χ4n) is 1.57. The second-order valence-electron chi connectivity index (χ2n) is 3.56. The van der Waals surface area contributed by atoms with Gasteiger partial charge in [-0.1, -0.05) is 6.07 Å². The Morgan fingerprint density at radius 2 is 1.73 bits per heavy atom. The maximum absolute atomic E-state index is 11.7. The van der Waals surface area contributed by atoms with E-state index in [0.29, 0.717) is 5.69 Å². The van der Waals surface area contributed by atoms with E-state index in [9.17, 15) is 4.79 Å². The standard InChI is InChI=1S/C11H11NOS2/c1-5-6(2)11(13)12-8-4-3-7(5)9(14)10(8)15/h3-4,14-15H,1-2H3,(H,12,13). The van der Waals surface area contributed by atoms with Gasteiger partial charge in [0.15, 0.2) is 0 Å². The highest BCUT2D eigenvalue weighted by atomic mass is 32.1. The van der Waals surface area contributed by atoms with E-state index >= 15 is 0 Å². The van der Waals surface area contributed by atoms with Crippen LogP contribution in [0.25, 0.3) is 5.57 Å². The van der Waals surface area contributed by atoms with Crippen molar-refractivity contribution < 1.29 is 4.79 Å². The summed E-state index contributed by atoms with van der Waals surface area (Å²) in [7, 11) is 0. The highest BCUT2D eigenvalue weighted by molar-refractivity contribution is 7.83. The van der Waals surface area contributed by atoms with E-state index in [-0.39, 0.29) is 5.91 Å². The lowest BCUT2D eigenvalue weighted by Crippen LogP contribution is -2.16. The van der Waals surface area contributed by atoms with Crippen molar-refractivity contribution >= 4 is 42.4 Å². The van der Waals surface area contributed by atoms with Gasteiger partial charge in [0.2, 0.25) is 0 Å². The molecule has 1 amide bonds. The van der Waals surface area contributed by atoms with E-state index in [1.54, 1.807) is 0 Å². The molecule has 0 aromatic heterocycles. The third-order valence-electron chi connectivity index (χ3n) is 2.71. The Balaban J connectivity index is 2.81. The molecule has 1 aromatic rings. The first kappa shape index (κ1) is 10.6. The number of anilines is 1. The van der Waals surface area contributed by atoms with Gasteiger partial charge in [-0.3, -0.25) is 4.79 Å². The molecule has 2 nitrogen and oxygen atoms in total. The van der Waals surface area contributed by atoms with Gasteiger partial charge in [-0.05, 0) is 31.1 Å². The van der Waals surface area contributed by atoms with E-state index in [1.165, 1.54) is 0 Å². The molecule has 0 fully saturated rings. The monoisotopic (exact) mass is 237 g/mol. The highest BCUT2D eigenvalue weighted by Gasteiger charge is 2.18. The van der Waals surface area contributed by atoms with Crippen molar-refractivity contribution in [2.24, 2.45) is 0 Å². The lowest BCUT2D eigenvalue weighted by molar-refractivity contribution is -0.112. The van der Waals surface area contributed by atoms with Crippen LogP contribution in [0.15, 0.2) is 27.5 Å². The first-order chi connectivity index (χ1) is 7.02. The average Bonchev–Trinajstić information content (AvgIpc) is 2.22. The topological polar surface area (TPSA) is 29.1 Å². The second-order valence-corrected chi connectivity index (χ2v) is 4.46. The number of allylic oxidation sites excluding steroid dienone is 1. The molecular weight excluding hydrogens is 226 g/mol. The Bertz CT molecular complexity index is 492. The molecule has 3 rings (SSSR count). The third-order valence-corrected chi connectivity index (χ3v) is 3.81. The summed E-state index contributed by atoms with van der Waals surface area (Å²) < 4.78 is 0. The molecule has 4 heteroatoms. The van der Waals surface area contributed by atoms with E-state index in [4.69, 9.17) is 0 Å². The fraction of sp³-hybridized carbons (Fsp3) is 0.182. The van der Waals surface area contributed by atoms with Crippen LogP contribution in [0.5, 0.6) is 0 Å². The van der Waals surface area contributed by atoms with Crippen LogP contribution < -0.4 is 5.32 Å². The van der Waals surface area contributed by atoms with Crippen LogP contribution in [0.2, 0.25) is 0 Å². The summed E-state index contributed by atoms with van der Waals surface area (Å²) in [5, 5.41) is 2.80. The van der Waals surface area contributed by atoms with Crippen molar-refractivity contribution in [2.75, 3.05) is 5.32 Å². The molecule has 0 unspecified atom stereocenters. The van der Waals surface area contributed by atoms with Crippen LogP contribution in [0, 0.1) is 0 Å². The van der Waals surface area contributed by atoms with Crippen molar-refractivity contribution in [1.29, 1.82) is 0 Å². The van der Waals surface area contributed by atoms with Gasteiger partial charge in [0, 0.05) is 15.4 Å². The minimum Gasteiger partial charge on any atom is -0.321 e. The Morgan fingerprint density at radius 3 is 2.40 bits per heavy atom. The first-order valence-electron chi connectivity index (χ1n) is 4.56. The Morgan fingerprint density at radius 1 is 1.07 bits per heavy atom. The molecule has 1 aromatic carbocycles. The summed E-state index contributed by atoms with van der Waals surface area (Å²) in [6.07, 6.45) is 0. The number of carbonyl (C=O) groups is 1. The lowest BCUT2D eigenvalue weighted by atomic mass is 9.99. The molecule has 2 heterocycles. The van der Waals surface area contributed by atoms with Crippen LogP contribution in [-0.4, -0.2) is 5.91 Å². The molecule has 1 N–H and O–H groups in total. The Kier molecular flexibility index (Phi) is 2.56. The molecule has 0 atom stereocenters. The molecule has 2 aliphatic heterocycles. The molecule has 0 aliphatic carbocycles. The summed E-state index contributed by atoms with van der Waals surface area (Å²) >= 11 is 8.76. The lowest BCUT2D eigenvalue weighted by Gasteiger charge is -2.19. The predicted molar refractivity (Wildman–Crippen MR) is 67.8 cm³/mol. The van der Waals surface area contributed by atoms with Crippen molar-refractivity contribution in [2.45, 2.75) is 23.6 Å². The number of fused-ring (bicyclic) bond motifs is 4. The van der Waals surface area contributed by atoms with Gasteiger partial charge in [-0.2, -0.15) is 0 Å². The van der Waals surface area contributed by atoms with Crippen molar-refractivity contribution in [3.8, 4) is 0 Å². The third kappa shape index (κ3) is 1.58. The predicted octanol–water partition coefficient (Wildman–Crippen LogP) is 3.01. The summed E-state index contributed by atoms with van der Waals surface area (Å²) in [4.78, 5) is 13.2. The number of hydrogen-bond donors (Lipinski definition) is 3. The first-order valence-corrected chi connectivity index (χ1v) is 5.46. The Labute approximate surface area is 99.6 Å². The van der Waals surface area contributed by atoms with Gasteiger partial charge in [0.25, 0.3) is 5.91 Å². The van der Waals surface area contributed by atoms with Crippen LogP contribution >= 0.6 is 25.3 Å². The van der Waals surface area contributed by atoms with Crippen molar-refractivity contribution in [3.05, 3.63) is 23.3 Å². The van der Waals surface area contributed by atoms with Crippen LogP contribution in [0.4, 0.5) is 5.69 Å². The zero-order valence-corrected chi connectivity index (χ0v) is 10.2. The number of thiol groups is 2. The number of carbonyl (C=O) groups excluding carboxylic acids is 1. The maximum atomic E-state index is 11.7. The zero-order valence-electron chi connectivity index (χ0n) is 8.46. The van der Waals surface area contributed by atoms with E-state index in [2.05, 4.69) is 30.6 Å². The molecule has 0 radical (unpaired) electrons. The molecule has 2 bridgehead atoms. The van der Waals surface area contributed by atoms with Crippen molar-refractivity contribution in [1.82, 2.24) is 0 Å². The van der Waals surface area contributed by atoms with Crippen LogP contribution in [0.3, 0.4) is 0 Å². The number of hydrogen-bond acceptors (Lipinski definition) is 3. The van der Waals surface area contributed by atoms with E-state index in [1.807, 2.05) is 26.0 Å².